The van der Waals surface area contributed by atoms with Crippen LogP contribution in [0.3, 0.4) is 0 Å². The smallest absolute Gasteiger partial charge is 0.325 e. The molecular weight excluding hydrogens is 206 g/mol. The summed E-state index contributed by atoms with van der Waals surface area (Å²) in [5.74, 6) is 1.16. The van der Waals surface area contributed by atoms with Crippen molar-refractivity contribution in [3.05, 3.63) is 18.1 Å². The molecule has 0 aliphatic rings. The normalized spacial score (nSPS) is 10.3. The summed E-state index contributed by atoms with van der Waals surface area (Å²) in [6.07, 6.45) is 1.68. The maximum absolute atomic E-state index is 11.3. The number of hydrogen-bond donors (Lipinski definition) is 0. The number of methoxy groups -OCH3 is 1. The third kappa shape index (κ3) is 3.18. The lowest BCUT2D eigenvalue weighted by Gasteiger charge is -2.26. The summed E-state index contributed by atoms with van der Waals surface area (Å²) in [5, 5.41) is 0. The highest BCUT2D eigenvalue weighted by Crippen LogP contribution is 2.13. The van der Waals surface area contributed by atoms with Crippen LogP contribution < -0.4 is 4.90 Å². The molecule has 0 unspecified atom stereocenters. The van der Waals surface area contributed by atoms with E-state index in [1.54, 1.807) is 12.3 Å². The third-order valence-electron chi connectivity index (χ3n) is 2.21. The first-order chi connectivity index (χ1) is 7.54. The van der Waals surface area contributed by atoms with Crippen LogP contribution >= 0.6 is 0 Å². The van der Waals surface area contributed by atoms with Crippen LogP contribution in [0.1, 0.15) is 19.7 Å². The molecule has 0 aromatic carbocycles. The molecule has 0 amide bonds. The Bertz CT molecular complexity index is 366. The molecule has 0 fully saturated rings. The van der Waals surface area contributed by atoms with E-state index in [1.165, 1.54) is 7.11 Å². The molecule has 88 valence electrons. The number of aromatic nitrogens is 2. The average Bonchev–Trinajstić information content (AvgIpc) is 2.25. The van der Waals surface area contributed by atoms with Crippen molar-refractivity contribution in [2.45, 2.75) is 26.8 Å². The van der Waals surface area contributed by atoms with Gasteiger partial charge in [-0.2, -0.15) is 0 Å². The summed E-state index contributed by atoms with van der Waals surface area (Å²) in [5.41, 5.74) is 0. The SMILES string of the molecule is COC(=O)CN(c1ccnc(C)n1)C(C)C. The van der Waals surface area contributed by atoms with E-state index in [9.17, 15) is 4.79 Å². The first-order valence-corrected chi connectivity index (χ1v) is 5.17. The van der Waals surface area contributed by atoms with Crippen LogP contribution in [0.2, 0.25) is 0 Å². The second kappa shape index (κ2) is 5.44. The highest BCUT2D eigenvalue weighted by Gasteiger charge is 2.16. The first kappa shape index (κ1) is 12.4. The Hall–Kier alpha value is -1.65. The minimum atomic E-state index is -0.273. The average molecular weight is 223 g/mol. The van der Waals surface area contributed by atoms with Gasteiger partial charge in [-0.1, -0.05) is 0 Å². The number of nitrogens with zero attached hydrogens (tertiary/aromatic N) is 3. The van der Waals surface area contributed by atoms with Gasteiger partial charge in [-0.05, 0) is 26.8 Å². The molecule has 5 heteroatoms. The van der Waals surface area contributed by atoms with Gasteiger partial charge in [0.05, 0.1) is 7.11 Å². The van der Waals surface area contributed by atoms with E-state index >= 15 is 0 Å². The predicted molar refractivity (Wildman–Crippen MR) is 61.3 cm³/mol. The Morgan fingerprint density at radius 3 is 2.75 bits per heavy atom. The van der Waals surface area contributed by atoms with Crippen LogP contribution in [-0.4, -0.2) is 35.6 Å². The van der Waals surface area contributed by atoms with E-state index < -0.39 is 0 Å². The van der Waals surface area contributed by atoms with Crippen molar-refractivity contribution in [1.82, 2.24) is 9.97 Å². The van der Waals surface area contributed by atoms with Gasteiger partial charge in [-0.15, -0.1) is 0 Å². The van der Waals surface area contributed by atoms with Crippen molar-refractivity contribution >= 4 is 11.8 Å². The zero-order valence-electron chi connectivity index (χ0n) is 10.1. The number of anilines is 1. The maximum Gasteiger partial charge on any atom is 0.325 e. The highest BCUT2D eigenvalue weighted by atomic mass is 16.5. The maximum atomic E-state index is 11.3. The van der Waals surface area contributed by atoms with E-state index in [1.807, 2.05) is 25.7 Å². The van der Waals surface area contributed by atoms with Crippen molar-refractivity contribution in [3.63, 3.8) is 0 Å². The van der Waals surface area contributed by atoms with Gasteiger partial charge in [0.25, 0.3) is 0 Å². The monoisotopic (exact) mass is 223 g/mol. The Labute approximate surface area is 95.5 Å². The molecule has 1 aromatic rings. The quantitative estimate of drug-likeness (QED) is 0.717. The summed E-state index contributed by atoms with van der Waals surface area (Å²) in [6, 6.07) is 1.96. The molecule has 0 aliphatic heterocycles. The van der Waals surface area contributed by atoms with Crippen LogP contribution in [0.4, 0.5) is 5.82 Å². The van der Waals surface area contributed by atoms with Crippen molar-refractivity contribution in [2.75, 3.05) is 18.6 Å². The molecule has 0 spiro atoms. The van der Waals surface area contributed by atoms with Gasteiger partial charge in [0.15, 0.2) is 0 Å². The third-order valence-corrected chi connectivity index (χ3v) is 2.21. The van der Waals surface area contributed by atoms with Gasteiger partial charge in [-0.3, -0.25) is 4.79 Å². The number of ether oxygens (including phenoxy) is 1. The number of esters is 1. The van der Waals surface area contributed by atoms with Crippen LogP contribution in [-0.2, 0) is 9.53 Å². The highest BCUT2D eigenvalue weighted by molar-refractivity contribution is 5.75. The topological polar surface area (TPSA) is 55.3 Å². The van der Waals surface area contributed by atoms with Crippen LogP contribution in [0.25, 0.3) is 0 Å². The number of carbonyl (C=O) groups is 1. The molecule has 0 atom stereocenters. The van der Waals surface area contributed by atoms with E-state index in [2.05, 4.69) is 14.7 Å². The summed E-state index contributed by atoms with van der Waals surface area (Å²) in [4.78, 5) is 21.5. The van der Waals surface area contributed by atoms with Crippen molar-refractivity contribution in [1.29, 1.82) is 0 Å². The number of hydrogen-bond acceptors (Lipinski definition) is 5. The van der Waals surface area contributed by atoms with E-state index in [0.29, 0.717) is 5.82 Å². The molecule has 0 radical (unpaired) electrons. The van der Waals surface area contributed by atoms with Gasteiger partial charge in [0.2, 0.25) is 0 Å². The molecule has 1 rings (SSSR count). The Morgan fingerprint density at radius 2 is 2.25 bits per heavy atom. The fraction of sp³-hybridized carbons (Fsp3) is 0.545. The summed E-state index contributed by atoms with van der Waals surface area (Å²) in [6.45, 7) is 6.02. The first-order valence-electron chi connectivity index (χ1n) is 5.17. The Kier molecular flexibility index (Phi) is 4.22. The number of carbonyl (C=O) groups excluding carboxylic acids is 1. The van der Waals surface area contributed by atoms with E-state index in [4.69, 9.17) is 0 Å². The molecule has 0 aliphatic carbocycles. The van der Waals surface area contributed by atoms with Gasteiger partial charge in [-0.25, -0.2) is 9.97 Å². The summed E-state index contributed by atoms with van der Waals surface area (Å²) >= 11 is 0. The molecule has 5 nitrogen and oxygen atoms in total. The minimum absolute atomic E-state index is 0.174. The Balaban J connectivity index is 2.89. The zero-order valence-corrected chi connectivity index (χ0v) is 10.1. The van der Waals surface area contributed by atoms with Gasteiger partial charge < -0.3 is 9.64 Å². The Morgan fingerprint density at radius 1 is 1.56 bits per heavy atom. The molecule has 1 aromatic heterocycles. The van der Waals surface area contributed by atoms with E-state index in [-0.39, 0.29) is 18.6 Å². The largest absolute Gasteiger partial charge is 0.468 e. The molecule has 16 heavy (non-hydrogen) atoms. The van der Waals surface area contributed by atoms with Crippen LogP contribution in [0, 0.1) is 6.92 Å². The molecule has 1 heterocycles. The lowest BCUT2D eigenvalue weighted by Crippen LogP contribution is -2.37. The molecule has 0 saturated carbocycles. The van der Waals surface area contributed by atoms with Gasteiger partial charge >= 0.3 is 5.97 Å². The lowest BCUT2D eigenvalue weighted by molar-refractivity contribution is -0.139. The van der Waals surface area contributed by atoms with E-state index in [0.717, 1.165) is 5.82 Å². The standard InChI is InChI=1S/C11H17N3O2/c1-8(2)14(7-11(15)16-4)10-5-6-12-9(3)13-10/h5-6,8H,7H2,1-4H3. The second-order valence-electron chi connectivity index (χ2n) is 3.76. The minimum Gasteiger partial charge on any atom is -0.468 e. The summed E-state index contributed by atoms with van der Waals surface area (Å²) < 4.78 is 4.66. The van der Waals surface area contributed by atoms with Gasteiger partial charge in [0.1, 0.15) is 18.2 Å². The van der Waals surface area contributed by atoms with Gasteiger partial charge in [0, 0.05) is 12.2 Å². The lowest BCUT2D eigenvalue weighted by atomic mass is 10.3. The zero-order chi connectivity index (χ0) is 12.1. The van der Waals surface area contributed by atoms with Crippen molar-refractivity contribution in [3.8, 4) is 0 Å². The number of rotatable bonds is 4. The molecule has 0 bridgehead atoms. The summed E-state index contributed by atoms with van der Waals surface area (Å²) in [7, 11) is 1.38. The molecule has 0 N–H and O–H groups in total. The molecular formula is C11H17N3O2. The van der Waals surface area contributed by atoms with Crippen molar-refractivity contribution in [2.24, 2.45) is 0 Å². The van der Waals surface area contributed by atoms with Crippen molar-refractivity contribution < 1.29 is 9.53 Å². The predicted octanol–water partition coefficient (Wildman–Crippen LogP) is 1.17. The molecule has 0 saturated heterocycles. The second-order valence-corrected chi connectivity index (χ2v) is 3.76. The van der Waals surface area contributed by atoms with Crippen LogP contribution in [0.5, 0.6) is 0 Å². The fourth-order valence-electron chi connectivity index (χ4n) is 1.34. The fourth-order valence-corrected chi connectivity index (χ4v) is 1.34. The number of aryl methyl sites for hydroxylation is 1. The van der Waals surface area contributed by atoms with Crippen LogP contribution in [0.15, 0.2) is 12.3 Å².